The Bertz CT molecular complexity index is 919. The number of hydrogen-bond acceptors (Lipinski definition) is 10. The van der Waals surface area contributed by atoms with Crippen LogP contribution in [0.2, 0.25) is 0 Å². The second-order valence-corrected chi connectivity index (χ2v) is 6.40. The maximum atomic E-state index is 12.4. The van der Waals surface area contributed by atoms with Gasteiger partial charge in [0.15, 0.2) is 0 Å². The Hall–Kier alpha value is -4.34. The molecule has 0 atom stereocenters. The standard InChI is InChI=1S/C23H20O10/c24-19(17-7-3-1-4-8-17)28-11-13-30-21(26)23(32-15-16-33-23)22(27)31-14-12-29-20(25)18-9-5-2-6-10-18/h1-10,15-16H,11-14H2. The monoisotopic (exact) mass is 456 g/mol. The van der Waals surface area contributed by atoms with Gasteiger partial charge in [-0.3, -0.25) is 0 Å². The zero-order valence-corrected chi connectivity index (χ0v) is 17.3. The van der Waals surface area contributed by atoms with Crippen LogP contribution in [0.25, 0.3) is 0 Å². The summed E-state index contributed by atoms with van der Waals surface area (Å²) in [6, 6.07) is 16.5. The van der Waals surface area contributed by atoms with Gasteiger partial charge in [-0.1, -0.05) is 36.4 Å². The van der Waals surface area contributed by atoms with E-state index in [1.807, 2.05) is 0 Å². The van der Waals surface area contributed by atoms with Crippen molar-refractivity contribution in [1.82, 2.24) is 0 Å². The van der Waals surface area contributed by atoms with Crippen LogP contribution < -0.4 is 0 Å². The van der Waals surface area contributed by atoms with Gasteiger partial charge in [0.05, 0.1) is 11.1 Å². The van der Waals surface area contributed by atoms with Gasteiger partial charge >= 0.3 is 29.7 Å². The van der Waals surface area contributed by atoms with E-state index in [9.17, 15) is 19.2 Å². The molecule has 0 fully saturated rings. The van der Waals surface area contributed by atoms with Crippen LogP contribution in [0.3, 0.4) is 0 Å². The maximum absolute atomic E-state index is 12.4. The van der Waals surface area contributed by atoms with E-state index < -0.39 is 29.7 Å². The van der Waals surface area contributed by atoms with Crippen LogP contribution in [-0.2, 0) is 38.0 Å². The van der Waals surface area contributed by atoms with E-state index in [0.29, 0.717) is 11.1 Å². The molecule has 0 spiro atoms. The molecule has 0 aromatic heterocycles. The summed E-state index contributed by atoms with van der Waals surface area (Å²) in [5, 5.41) is 0. The number of rotatable bonds is 10. The molecule has 1 heterocycles. The van der Waals surface area contributed by atoms with Crippen molar-refractivity contribution in [3.05, 3.63) is 84.3 Å². The highest BCUT2D eigenvalue weighted by molar-refractivity contribution is 6.02. The van der Waals surface area contributed by atoms with Gasteiger partial charge in [-0.05, 0) is 24.3 Å². The molecule has 0 bridgehead atoms. The summed E-state index contributed by atoms with van der Waals surface area (Å²) in [6.07, 6.45) is 1.96. The van der Waals surface area contributed by atoms with E-state index >= 15 is 0 Å². The van der Waals surface area contributed by atoms with Crippen LogP contribution in [0.5, 0.6) is 0 Å². The van der Waals surface area contributed by atoms with Gasteiger partial charge in [-0.25, -0.2) is 19.2 Å². The minimum Gasteiger partial charge on any atom is -0.458 e. The second kappa shape index (κ2) is 11.3. The Morgan fingerprint density at radius 1 is 0.576 bits per heavy atom. The molecule has 0 unspecified atom stereocenters. The highest BCUT2D eigenvalue weighted by atomic mass is 16.8. The molecular formula is C23H20O10. The van der Waals surface area contributed by atoms with Gasteiger partial charge < -0.3 is 28.4 Å². The first-order valence-electron chi connectivity index (χ1n) is 9.82. The summed E-state index contributed by atoms with van der Waals surface area (Å²) in [5.74, 6) is -6.09. The predicted molar refractivity (Wildman–Crippen MR) is 109 cm³/mol. The van der Waals surface area contributed by atoms with Crippen LogP contribution in [0.4, 0.5) is 0 Å². The first kappa shape index (κ1) is 23.3. The molecule has 10 nitrogen and oxygen atoms in total. The minimum atomic E-state index is -2.49. The molecule has 2 aromatic carbocycles. The van der Waals surface area contributed by atoms with Crippen LogP contribution in [0.1, 0.15) is 20.7 Å². The fraction of sp³-hybridized carbons (Fsp3) is 0.217. The second-order valence-electron chi connectivity index (χ2n) is 6.40. The van der Waals surface area contributed by atoms with Crippen molar-refractivity contribution >= 4 is 23.9 Å². The summed E-state index contributed by atoms with van der Waals surface area (Å²) in [5.41, 5.74) is 0.673. The van der Waals surface area contributed by atoms with Crippen molar-refractivity contribution in [2.45, 2.75) is 5.79 Å². The van der Waals surface area contributed by atoms with E-state index in [1.165, 1.54) is 0 Å². The van der Waals surface area contributed by atoms with Gasteiger partial charge in [0.1, 0.15) is 39.0 Å². The fourth-order valence-electron chi connectivity index (χ4n) is 2.59. The van der Waals surface area contributed by atoms with Crippen molar-refractivity contribution < 1.29 is 47.6 Å². The van der Waals surface area contributed by atoms with Gasteiger partial charge in [-0.2, -0.15) is 0 Å². The smallest absolute Gasteiger partial charge is 0.452 e. The van der Waals surface area contributed by atoms with Crippen molar-refractivity contribution in [2.24, 2.45) is 0 Å². The molecule has 3 rings (SSSR count). The number of benzene rings is 2. The Labute approximate surface area is 188 Å². The van der Waals surface area contributed by atoms with Crippen molar-refractivity contribution in [3.63, 3.8) is 0 Å². The van der Waals surface area contributed by atoms with Crippen LogP contribution in [0, 0.1) is 0 Å². The quantitative estimate of drug-likeness (QED) is 0.227. The van der Waals surface area contributed by atoms with E-state index in [4.69, 9.17) is 28.4 Å². The van der Waals surface area contributed by atoms with Gasteiger partial charge in [-0.15, -0.1) is 0 Å². The third-order valence-corrected chi connectivity index (χ3v) is 4.18. The maximum Gasteiger partial charge on any atom is 0.452 e. The lowest BCUT2D eigenvalue weighted by Crippen LogP contribution is -2.50. The third kappa shape index (κ3) is 6.10. The van der Waals surface area contributed by atoms with Gasteiger partial charge in [0.25, 0.3) is 0 Å². The number of ether oxygens (including phenoxy) is 6. The first-order chi connectivity index (χ1) is 16.0. The van der Waals surface area contributed by atoms with E-state index in [-0.39, 0.29) is 26.4 Å². The predicted octanol–water partition coefficient (Wildman–Crippen LogP) is 2.00. The lowest BCUT2D eigenvalue weighted by molar-refractivity contribution is -0.218. The lowest BCUT2D eigenvalue weighted by Gasteiger charge is -2.22. The first-order valence-corrected chi connectivity index (χ1v) is 9.82. The number of hydrogen-bond donors (Lipinski definition) is 0. The highest BCUT2D eigenvalue weighted by Gasteiger charge is 2.56. The summed E-state index contributed by atoms with van der Waals surface area (Å²) < 4.78 is 29.9. The average molecular weight is 456 g/mol. The third-order valence-electron chi connectivity index (χ3n) is 4.18. The van der Waals surface area contributed by atoms with Gasteiger partial charge in [0, 0.05) is 0 Å². The van der Waals surface area contributed by atoms with Crippen molar-refractivity contribution in [1.29, 1.82) is 0 Å². The Balaban J connectivity index is 1.42. The van der Waals surface area contributed by atoms with Crippen LogP contribution >= 0.6 is 0 Å². The van der Waals surface area contributed by atoms with E-state index in [1.54, 1.807) is 60.7 Å². The molecule has 1 aliphatic rings. The molecule has 0 N–H and O–H groups in total. The number of carbonyl (C=O) groups is 4. The summed E-state index contributed by atoms with van der Waals surface area (Å²) in [7, 11) is 0. The number of carbonyl (C=O) groups excluding carboxylic acids is 4. The van der Waals surface area contributed by atoms with Gasteiger partial charge in [0.2, 0.25) is 0 Å². The molecular weight excluding hydrogens is 436 g/mol. The average Bonchev–Trinajstić information content (AvgIpc) is 3.36. The topological polar surface area (TPSA) is 124 Å². The van der Waals surface area contributed by atoms with Crippen molar-refractivity contribution in [3.8, 4) is 0 Å². The molecule has 33 heavy (non-hydrogen) atoms. The molecule has 0 amide bonds. The summed E-state index contributed by atoms with van der Waals surface area (Å²) in [4.78, 5) is 48.6. The Kier molecular flexibility index (Phi) is 8.01. The summed E-state index contributed by atoms with van der Waals surface area (Å²) >= 11 is 0. The van der Waals surface area contributed by atoms with E-state index in [2.05, 4.69) is 0 Å². The van der Waals surface area contributed by atoms with Crippen molar-refractivity contribution in [2.75, 3.05) is 26.4 Å². The lowest BCUT2D eigenvalue weighted by atomic mass is 10.2. The number of esters is 4. The minimum absolute atomic E-state index is 0.256. The highest BCUT2D eigenvalue weighted by Crippen LogP contribution is 2.24. The molecule has 172 valence electrons. The largest absolute Gasteiger partial charge is 0.458 e. The Morgan fingerprint density at radius 2 is 0.939 bits per heavy atom. The summed E-state index contributed by atoms with van der Waals surface area (Å²) in [6.45, 7) is -1.22. The molecule has 0 saturated carbocycles. The zero-order valence-electron chi connectivity index (χ0n) is 17.3. The molecule has 0 aliphatic carbocycles. The van der Waals surface area contributed by atoms with Crippen LogP contribution in [-0.4, -0.2) is 56.1 Å². The zero-order chi connectivity index (χ0) is 23.5. The molecule has 0 saturated heterocycles. The normalized spacial score (nSPS) is 13.2. The molecule has 2 aromatic rings. The SMILES string of the molecule is O=C(OCCOC(=O)C1(C(=O)OCCOC(=O)c2ccccc2)OC=CO1)c1ccccc1. The molecule has 1 aliphatic heterocycles. The van der Waals surface area contributed by atoms with Crippen LogP contribution in [0.15, 0.2) is 73.2 Å². The fourth-order valence-corrected chi connectivity index (χ4v) is 2.59. The molecule has 10 heteroatoms. The molecule has 0 radical (unpaired) electrons. The Morgan fingerprint density at radius 3 is 1.33 bits per heavy atom. The van der Waals surface area contributed by atoms with E-state index in [0.717, 1.165) is 12.5 Å².